The predicted molar refractivity (Wildman–Crippen MR) is 78.2 cm³/mol. The lowest BCUT2D eigenvalue weighted by Crippen LogP contribution is -2.45. The molecule has 2 rings (SSSR count). The van der Waals surface area contributed by atoms with Gasteiger partial charge >= 0.3 is 0 Å². The minimum Gasteiger partial charge on any atom is -0.497 e. The van der Waals surface area contributed by atoms with E-state index in [9.17, 15) is 0 Å². The van der Waals surface area contributed by atoms with Gasteiger partial charge in [-0.05, 0) is 30.2 Å². The first-order valence-corrected chi connectivity index (χ1v) is 7.33. The number of methoxy groups -OCH3 is 1. The first-order valence-electron chi connectivity index (χ1n) is 6.54. The van der Waals surface area contributed by atoms with E-state index in [1.807, 2.05) is 6.07 Å². The normalized spacial score (nSPS) is 18.6. The van der Waals surface area contributed by atoms with Crippen LogP contribution in [-0.4, -0.2) is 38.2 Å². The molecule has 0 spiro atoms. The van der Waals surface area contributed by atoms with Gasteiger partial charge in [-0.3, -0.25) is 4.90 Å². The van der Waals surface area contributed by atoms with Gasteiger partial charge in [-0.1, -0.05) is 22.9 Å². The van der Waals surface area contributed by atoms with Crippen molar-refractivity contribution < 1.29 is 4.74 Å². The molecule has 1 saturated heterocycles. The van der Waals surface area contributed by atoms with Gasteiger partial charge in [0.25, 0.3) is 0 Å². The van der Waals surface area contributed by atoms with Crippen LogP contribution >= 0.6 is 15.9 Å². The van der Waals surface area contributed by atoms with E-state index in [1.54, 1.807) is 7.11 Å². The van der Waals surface area contributed by atoms with Crippen LogP contribution in [0.2, 0.25) is 0 Å². The third-order valence-corrected chi connectivity index (χ3v) is 4.26. The summed E-state index contributed by atoms with van der Waals surface area (Å²) in [6.45, 7) is 6.64. The molecule has 1 N–H and O–H groups in total. The van der Waals surface area contributed by atoms with Gasteiger partial charge in [0.15, 0.2) is 0 Å². The molecule has 0 aliphatic carbocycles. The number of hydrogen-bond acceptors (Lipinski definition) is 3. The summed E-state index contributed by atoms with van der Waals surface area (Å²) in [5.41, 5.74) is 1.33. The Bertz CT molecular complexity index is 391. The van der Waals surface area contributed by atoms with Crippen LogP contribution in [0.3, 0.4) is 0 Å². The zero-order valence-corrected chi connectivity index (χ0v) is 12.7. The number of nitrogens with one attached hydrogen (secondary N) is 1. The number of nitrogens with zero attached hydrogens (tertiary/aromatic N) is 1. The highest BCUT2D eigenvalue weighted by Gasteiger charge is 2.22. The van der Waals surface area contributed by atoms with Crippen LogP contribution in [0, 0.1) is 0 Å². The Morgan fingerprint density at radius 2 is 2.11 bits per heavy atom. The van der Waals surface area contributed by atoms with E-state index in [0.29, 0.717) is 6.04 Å². The van der Waals surface area contributed by atoms with Crippen molar-refractivity contribution in [3.8, 4) is 5.75 Å². The van der Waals surface area contributed by atoms with Gasteiger partial charge in [0.2, 0.25) is 0 Å². The summed E-state index contributed by atoms with van der Waals surface area (Å²) in [7, 11) is 1.72. The first-order chi connectivity index (χ1) is 8.76. The van der Waals surface area contributed by atoms with E-state index >= 15 is 0 Å². The molecule has 18 heavy (non-hydrogen) atoms. The van der Waals surface area contributed by atoms with E-state index in [-0.39, 0.29) is 0 Å². The highest BCUT2D eigenvalue weighted by atomic mass is 79.9. The van der Waals surface area contributed by atoms with Gasteiger partial charge < -0.3 is 10.1 Å². The summed E-state index contributed by atoms with van der Waals surface area (Å²) in [5.74, 6) is 0.932. The first kappa shape index (κ1) is 13.8. The maximum absolute atomic E-state index is 5.34. The number of rotatable bonds is 4. The molecule has 1 atom stereocenters. The lowest BCUT2D eigenvalue weighted by molar-refractivity contribution is 0.168. The second kappa shape index (κ2) is 6.55. The van der Waals surface area contributed by atoms with Crippen molar-refractivity contribution in [1.29, 1.82) is 0 Å². The van der Waals surface area contributed by atoms with Crippen LogP contribution in [-0.2, 0) is 0 Å². The van der Waals surface area contributed by atoms with E-state index < -0.39 is 0 Å². The Morgan fingerprint density at radius 1 is 1.39 bits per heavy atom. The fourth-order valence-electron chi connectivity index (χ4n) is 2.57. The number of ether oxygens (including phenoxy) is 1. The van der Waals surface area contributed by atoms with Crippen molar-refractivity contribution in [3.63, 3.8) is 0 Å². The minimum absolute atomic E-state index is 0.469. The summed E-state index contributed by atoms with van der Waals surface area (Å²) in [4.78, 5) is 2.55. The molecule has 1 aliphatic rings. The van der Waals surface area contributed by atoms with Gasteiger partial charge in [-0.2, -0.15) is 0 Å². The summed E-state index contributed by atoms with van der Waals surface area (Å²) in [6.07, 6.45) is 1.12. The quantitative estimate of drug-likeness (QED) is 0.925. The lowest BCUT2D eigenvalue weighted by atomic mass is 10.0. The van der Waals surface area contributed by atoms with Crippen molar-refractivity contribution in [2.24, 2.45) is 0 Å². The lowest BCUT2D eigenvalue weighted by Gasteiger charge is -2.35. The summed E-state index contributed by atoms with van der Waals surface area (Å²) < 4.78 is 6.51. The fraction of sp³-hybridized carbons (Fsp3) is 0.571. The fourth-order valence-corrected chi connectivity index (χ4v) is 3.08. The third-order valence-electron chi connectivity index (χ3n) is 3.54. The Labute approximate surface area is 118 Å². The van der Waals surface area contributed by atoms with Crippen LogP contribution in [0.4, 0.5) is 0 Å². The van der Waals surface area contributed by atoms with E-state index in [4.69, 9.17) is 4.74 Å². The Balaban J connectivity index is 2.25. The Hall–Kier alpha value is -0.580. The maximum Gasteiger partial charge on any atom is 0.119 e. The molecular formula is C14H21BrN2O. The molecule has 100 valence electrons. The second-order valence-electron chi connectivity index (χ2n) is 4.60. The van der Waals surface area contributed by atoms with Gasteiger partial charge in [0.05, 0.1) is 7.11 Å². The molecule has 1 fully saturated rings. The molecule has 0 bridgehead atoms. The van der Waals surface area contributed by atoms with E-state index in [2.05, 4.69) is 45.2 Å². The Kier molecular flexibility index (Phi) is 5.03. The highest BCUT2D eigenvalue weighted by molar-refractivity contribution is 9.10. The zero-order valence-electron chi connectivity index (χ0n) is 11.1. The number of piperazine rings is 1. The SMILES string of the molecule is CC[C@@H](c1cc(OC)ccc1Br)N1CCNCC1. The maximum atomic E-state index is 5.34. The third kappa shape index (κ3) is 3.05. The standard InChI is InChI=1S/C14H21BrN2O/c1-3-14(17-8-6-16-7-9-17)12-10-11(18-2)4-5-13(12)15/h4-5,10,14,16H,3,6-9H2,1-2H3/t14-/m0/s1. The molecular weight excluding hydrogens is 292 g/mol. The molecule has 0 saturated carbocycles. The van der Waals surface area contributed by atoms with Crippen molar-refractivity contribution >= 4 is 15.9 Å². The smallest absolute Gasteiger partial charge is 0.119 e. The average Bonchev–Trinajstić information content (AvgIpc) is 2.43. The number of benzene rings is 1. The molecule has 1 heterocycles. The van der Waals surface area contributed by atoms with Crippen LogP contribution in [0.15, 0.2) is 22.7 Å². The molecule has 0 amide bonds. The van der Waals surface area contributed by atoms with Crippen molar-refractivity contribution in [2.75, 3.05) is 33.3 Å². The second-order valence-corrected chi connectivity index (χ2v) is 5.45. The van der Waals surface area contributed by atoms with Crippen molar-refractivity contribution in [2.45, 2.75) is 19.4 Å². The molecule has 1 aromatic rings. The summed E-state index contributed by atoms with van der Waals surface area (Å²) in [5, 5.41) is 3.40. The molecule has 0 radical (unpaired) electrons. The molecule has 1 aromatic carbocycles. The predicted octanol–water partition coefficient (Wildman–Crippen LogP) is 2.81. The van der Waals surface area contributed by atoms with Crippen LogP contribution in [0.5, 0.6) is 5.75 Å². The highest BCUT2D eigenvalue weighted by Crippen LogP contribution is 2.33. The Morgan fingerprint density at radius 3 is 2.72 bits per heavy atom. The molecule has 0 aromatic heterocycles. The van der Waals surface area contributed by atoms with Gasteiger partial charge in [0, 0.05) is 36.7 Å². The topological polar surface area (TPSA) is 24.5 Å². The van der Waals surface area contributed by atoms with Crippen LogP contribution in [0.1, 0.15) is 24.9 Å². The number of halogens is 1. The molecule has 0 unspecified atom stereocenters. The zero-order chi connectivity index (χ0) is 13.0. The molecule has 3 nitrogen and oxygen atoms in total. The van der Waals surface area contributed by atoms with Crippen LogP contribution < -0.4 is 10.1 Å². The van der Waals surface area contributed by atoms with Crippen LogP contribution in [0.25, 0.3) is 0 Å². The van der Waals surface area contributed by atoms with E-state index in [0.717, 1.165) is 38.3 Å². The summed E-state index contributed by atoms with van der Waals surface area (Å²) >= 11 is 3.67. The largest absolute Gasteiger partial charge is 0.497 e. The monoisotopic (exact) mass is 312 g/mol. The number of hydrogen-bond donors (Lipinski definition) is 1. The average molecular weight is 313 g/mol. The summed E-state index contributed by atoms with van der Waals surface area (Å²) in [6, 6.07) is 6.70. The van der Waals surface area contributed by atoms with Crippen molar-refractivity contribution in [3.05, 3.63) is 28.2 Å². The molecule has 4 heteroatoms. The minimum atomic E-state index is 0.469. The molecule has 1 aliphatic heterocycles. The van der Waals surface area contributed by atoms with Gasteiger partial charge in [-0.25, -0.2) is 0 Å². The van der Waals surface area contributed by atoms with E-state index in [1.165, 1.54) is 10.0 Å². The van der Waals surface area contributed by atoms with Crippen molar-refractivity contribution in [1.82, 2.24) is 10.2 Å². The van der Waals surface area contributed by atoms with Gasteiger partial charge in [-0.15, -0.1) is 0 Å². The van der Waals surface area contributed by atoms with Gasteiger partial charge in [0.1, 0.15) is 5.75 Å².